The third kappa shape index (κ3) is 2.23. The fraction of sp³-hybridized carbons (Fsp3) is 0.571. The summed E-state index contributed by atoms with van der Waals surface area (Å²) in [5, 5.41) is 3.54. The van der Waals surface area contributed by atoms with Crippen molar-refractivity contribution in [2.45, 2.75) is 32.0 Å². The van der Waals surface area contributed by atoms with Crippen LogP contribution in [0.15, 0.2) is 30.3 Å². The molecule has 2 saturated heterocycles. The number of benzene rings is 1. The Morgan fingerprint density at radius 3 is 2.88 bits per heavy atom. The van der Waals surface area contributed by atoms with Crippen LogP contribution < -0.4 is 10.8 Å². The Hall–Kier alpha value is -0.900. The van der Waals surface area contributed by atoms with Gasteiger partial charge in [-0.25, -0.2) is 0 Å². The maximum atomic E-state index is 5.59. The predicted octanol–water partition coefficient (Wildman–Crippen LogP) is 1.70. The van der Waals surface area contributed by atoms with E-state index in [0.29, 0.717) is 12.6 Å². The fourth-order valence-electron chi connectivity index (χ4n) is 3.18. The largest absolute Gasteiger partial charge is 0.313 e. The third-order valence-corrected chi connectivity index (χ3v) is 4.14. The lowest BCUT2D eigenvalue weighted by atomic mass is 9.70. The quantitative estimate of drug-likeness (QED) is 0.758. The van der Waals surface area contributed by atoms with Crippen LogP contribution in [-0.4, -0.2) is 18.6 Å². The molecule has 3 aliphatic rings. The molecular weight excluding hydrogens is 212 g/mol. The van der Waals surface area contributed by atoms with Crippen molar-refractivity contribution in [2.75, 3.05) is 6.54 Å². The molecule has 1 aliphatic carbocycles. The first-order valence-electron chi connectivity index (χ1n) is 6.49. The number of fused-ring (bicyclic) bond motifs is 1. The molecule has 2 heterocycles. The second-order valence-electron chi connectivity index (χ2n) is 5.27. The highest BCUT2D eigenvalue weighted by atomic mass is 16.6. The highest BCUT2D eigenvalue weighted by molar-refractivity contribution is 5.13. The van der Waals surface area contributed by atoms with Crippen LogP contribution in [0.1, 0.15) is 18.9 Å². The van der Waals surface area contributed by atoms with Gasteiger partial charge in [0.1, 0.15) is 0 Å². The minimum Gasteiger partial charge on any atom is -0.313 e. The summed E-state index contributed by atoms with van der Waals surface area (Å²) in [7, 11) is 0. The van der Waals surface area contributed by atoms with E-state index < -0.39 is 0 Å². The number of rotatable bonds is 5. The van der Waals surface area contributed by atoms with Crippen molar-refractivity contribution in [3.8, 4) is 0 Å². The van der Waals surface area contributed by atoms with Gasteiger partial charge in [0.25, 0.3) is 0 Å². The molecular formula is C14H20N2O. The Morgan fingerprint density at radius 2 is 2.24 bits per heavy atom. The second-order valence-corrected chi connectivity index (χ2v) is 5.27. The lowest BCUT2D eigenvalue weighted by Gasteiger charge is -2.39. The summed E-state index contributed by atoms with van der Waals surface area (Å²) in [5.41, 5.74) is 4.40. The molecule has 1 saturated carbocycles. The Bertz CT molecular complexity index is 354. The zero-order valence-corrected chi connectivity index (χ0v) is 10.2. The first kappa shape index (κ1) is 11.2. The standard InChI is InChI=1S/C14H20N2O/c1-10(14-12-7-13(14)15-8-12)16-17-9-11-5-3-2-4-6-11/h2-6,10,12-16H,7-9H2,1H3. The van der Waals surface area contributed by atoms with Gasteiger partial charge in [0.2, 0.25) is 0 Å². The molecule has 0 spiro atoms. The molecule has 17 heavy (non-hydrogen) atoms. The van der Waals surface area contributed by atoms with E-state index in [9.17, 15) is 0 Å². The summed E-state index contributed by atoms with van der Waals surface area (Å²) in [5.74, 6) is 1.62. The van der Waals surface area contributed by atoms with Crippen LogP contribution in [0.5, 0.6) is 0 Å². The molecule has 0 radical (unpaired) electrons. The zero-order valence-electron chi connectivity index (χ0n) is 10.2. The highest BCUT2D eigenvalue weighted by Crippen LogP contribution is 2.41. The third-order valence-electron chi connectivity index (χ3n) is 4.14. The van der Waals surface area contributed by atoms with Crippen LogP contribution in [0.2, 0.25) is 0 Å². The molecule has 4 rings (SSSR count). The van der Waals surface area contributed by atoms with E-state index in [4.69, 9.17) is 4.84 Å². The molecule has 3 heteroatoms. The Labute approximate surface area is 103 Å². The zero-order chi connectivity index (χ0) is 11.7. The van der Waals surface area contributed by atoms with E-state index in [1.807, 2.05) is 18.2 Å². The van der Waals surface area contributed by atoms with Gasteiger partial charge in [0, 0.05) is 12.1 Å². The van der Waals surface area contributed by atoms with Crippen molar-refractivity contribution in [1.82, 2.24) is 10.8 Å². The van der Waals surface area contributed by atoms with Gasteiger partial charge in [-0.3, -0.25) is 4.84 Å². The summed E-state index contributed by atoms with van der Waals surface area (Å²) < 4.78 is 0. The van der Waals surface area contributed by atoms with Crippen LogP contribution >= 0.6 is 0 Å². The van der Waals surface area contributed by atoms with Crippen molar-refractivity contribution >= 4 is 0 Å². The minimum absolute atomic E-state index is 0.442. The Kier molecular flexibility index (Phi) is 3.14. The van der Waals surface area contributed by atoms with Crippen LogP contribution in [0.3, 0.4) is 0 Å². The van der Waals surface area contributed by atoms with Gasteiger partial charge < -0.3 is 5.32 Å². The fourth-order valence-corrected chi connectivity index (χ4v) is 3.18. The number of hydrogen-bond donors (Lipinski definition) is 2. The van der Waals surface area contributed by atoms with Crippen molar-refractivity contribution in [3.05, 3.63) is 35.9 Å². The van der Waals surface area contributed by atoms with E-state index in [-0.39, 0.29) is 0 Å². The molecule has 4 unspecified atom stereocenters. The summed E-state index contributed by atoms with van der Waals surface area (Å²) in [4.78, 5) is 5.59. The van der Waals surface area contributed by atoms with Gasteiger partial charge in [-0.1, -0.05) is 30.3 Å². The van der Waals surface area contributed by atoms with Crippen LogP contribution in [-0.2, 0) is 11.4 Å². The van der Waals surface area contributed by atoms with Gasteiger partial charge >= 0.3 is 0 Å². The smallest absolute Gasteiger partial charge is 0.0933 e. The molecule has 2 aliphatic heterocycles. The first-order chi connectivity index (χ1) is 8.34. The molecule has 2 N–H and O–H groups in total. The average Bonchev–Trinajstić information content (AvgIpc) is 2.93. The van der Waals surface area contributed by atoms with Gasteiger partial charge in [0.05, 0.1) is 6.61 Å². The van der Waals surface area contributed by atoms with Crippen molar-refractivity contribution in [3.63, 3.8) is 0 Å². The van der Waals surface area contributed by atoms with E-state index in [1.54, 1.807) is 0 Å². The summed E-state index contributed by atoms with van der Waals surface area (Å²) >= 11 is 0. The number of hydrogen-bond acceptors (Lipinski definition) is 3. The van der Waals surface area contributed by atoms with Gasteiger partial charge in [-0.2, -0.15) is 5.48 Å². The summed E-state index contributed by atoms with van der Waals surface area (Å²) in [6.07, 6.45) is 1.36. The second kappa shape index (κ2) is 4.77. The van der Waals surface area contributed by atoms with Gasteiger partial charge in [-0.15, -0.1) is 0 Å². The van der Waals surface area contributed by atoms with E-state index in [1.165, 1.54) is 18.5 Å². The molecule has 3 nitrogen and oxygen atoms in total. The van der Waals surface area contributed by atoms with Gasteiger partial charge in [-0.05, 0) is 37.3 Å². The maximum Gasteiger partial charge on any atom is 0.0933 e. The van der Waals surface area contributed by atoms with E-state index in [2.05, 4.69) is 29.9 Å². The van der Waals surface area contributed by atoms with Crippen molar-refractivity contribution < 1.29 is 4.84 Å². The lowest BCUT2D eigenvalue weighted by Crippen LogP contribution is -2.49. The number of nitrogens with one attached hydrogen (secondary N) is 2. The minimum atomic E-state index is 0.442. The average molecular weight is 232 g/mol. The molecule has 0 aromatic heterocycles. The topological polar surface area (TPSA) is 33.3 Å². The normalized spacial score (nSPS) is 32.2. The Morgan fingerprint density at radius 1 is 1.41 bits per heavy atom. The molecule has 1 aromatic carbocycles. The van der Waals surface area contributed by atoms with Crippen LogP contribution in [0, 0.1) is 11.8 Å². The molecule has 4 atom stereocenters. The first-order valence-corrected chi connectivity index (χ1v) is 6.49. The lowest BCUT2D eigenvalue weighted by molar-refractivity contribution is -0.0251. The van der Waals surface area contributed by atoms with Crippen molar-refractivity contribution in [1.29, 1.82) is 0 Å². The van der Waals surface area contributed by atoms with Crippen LogP contribution in [0.25, 0.3) is 0 Å². The SMILES string of the molecule is CC(NOCc1ccccc1)C1C2CNC1C2. The van der Waals surface area contributed by atoms with E-state index >= 15 is 0 Å². The Balaban J connectivity index is 1.43. The van der Waals surface area contributed by atoms with E-state index in [0.717, 1.165) is 17.9 Å². The monoisotopic (exact) mass is 232 g/mol. The molecule has 1 aromatic rings. The van der Waals surface area contributed by atoms with Gasteiger partial charge in [0.15, 0.2) is 0 Å². The summed E-state index contributed by atoms with van der Waals surface area (Å²) in [6.45, 7) is 4.06. The molecule has 0 amide bonds. The highest BCUT2D eigenvalue weighted by Gasteiger charge is 2.48. The predicted molar refractivity (Wildman–Crippen MR) is 67.2 cm³/mol. The maximum absolute atomic E-state index is 5.59. The summed E-state index contributed by atoms with van der Waals surface area (Å²) in [6, 6.07) is 11.4. The van der Waals surface area contributed by atoms with Crippen LogP contribution in [0.4, 0.5) is 0 Å². The molecule has 3 fully saturated rings. The number of hydroxylamine groups is 1. The van der Waals surface area contributed by atoms with Crippen molar-refractivity contribution in [2.24, 2.45) is 11.8 Å². The molecule has 92 valence electrons. The molecule has 2 bridgehead atoms.